The van der Waals surface area contributed by atoms with Crippen LogP contribution in [0.1, 0.15) is 55.4 Å². The summed E-state index contributed by atoms with van der Waals surface area (Å²) in [6, 6.07) is 0.442. The van der Waals surface area contributed by atoms with Crippen molar-refractivity contribution in [3.8, 4) is 0 Å². The first kappa shape index (κ1) is 12.6. The topological polar surface area (TPSA) is 33.2 Å². The van der Waals surface area contributed by atoms with Crippen molar-refractivity contribution < 1.29 is 4.79 Å². The SMILES string of the molecule is CCCN(c1nc2c(s1)C(=O)CCC2)C(C)C. The van der Waals surface area contributed by atoms with Crippen molar-refractivity contribution in [1.82, 2.24) is 4.98 Å². The van der Waals surface area contributed by atoms with E-state index in [0.717, 1.165) is 41.5 Å². The highest BCUT2D eigenvalue weighted by atomic mass is 32.1. The molecule has 0 bridgehead atoms. The molecule has 0 aliphatic heterocycles. The molecule has 0 fully saturated rings. The number of nitrogens with zero attached hydrogens (tertiary/aromatic N) is 2. The van der Waals surface area contributed by atoms with Crippen LogP contribution < -0.4 is 4.90 Å². The zero-order valence-corrected chi connectivity index (χ0v) is 11.6. The summed E-state index contributed by atoms with van der Waals surface area (Å²) in [6.07, 6.45) is 3.74. The normalized spacial score (nSPS) is 15.2. The first-order chi connectivity index (χ1) is 8.13. The monoisotopic (exact) mass is 252 g/mol. The Morgan fingerprint density at radius 2 is 2.18 bits per heavy atom. The Hall–Kier alpha value is -0.900. The number of anilines is 1. The molecule has 0 atom stereocenters. The summed E-state index contributed by atoms with van der Waals surface area (Å²) >= 11 is 1.59. The minimum Gasteiger partial charge on any atom is -0.346 e. The number of aryl methyl sites for hydroxylation is 1. The molecule has 1 aliphatic carbocycles. The van der Waals surface area contributed by atoms with E-state index in [1.54, 1.807) is 11.3 Å². The van der Waals surface area contributed by atoms with E-state index in [4.69, 9.17) is 0 Å². The van der Waals surface area contributed by atoms with Gasteiger partial charge in [-0.25, -0.2) is 4.98 Å². The fourth-order valence-electron chi connectivity index (χ4n) is 2.19. The molecular formula is C13H20N2OS. The lowest BCUT2D eigenvalue weighted by Crippen LogP contribution is -2.31. The van der Waals surface area contributed by atoms with Gasteiger partial charge in [-0.05, 0) is 33.1 Å². The molecule has 0 N–H and O–H groups in total. The highest BCUT2D eigenvalue weighted by molar-refractivity contribution is 7.17. The summed E-state index contributed by atoms with van der Waals surface area (Å²) in [7, 11) is 0. The van der Waals surface area contributed by atoms with Gasteiger partial charge >= 0.3 is 0 Å². The number of aromatic nitrogens is 1. The maximum absolute atomic E-state index is 11.8. The zero-order chi connectivity index (χ0) is 12.4. The number of fused-ring (bicyclic) bond motifs is 1. The number of carbonyl (C=O) groups is 1. The number of rotatable bonds is 4. The highest BCUT2D eigenvalue weighted by Gasteiger charge is 2.24. The molecule has 2 rings (SSSR count). The van der Waals surface area contributed by atoms with Crippen LogP contribution in [-0.4, -0.2) is 23.4 Å². The van der Waals surface area contributed by atoms with Crippen LogP contribution in [0.3, 0.4) is 0 Å². The van der Waals surface area contributed by atoms with Gasteiger partial charge < -0.3 is 4.90 Å². The van der Waals surface area contributed by atoms with Gasteiger partial charge in [0.05, 0.1) is 10.6 Å². The summed E-state index contributed by atoms with van der Waals surface area (Å²) in [4.78, 5) is 19.7. The molecule has 4 heteroatoms. The lowest BCUT2D eigenvalue weighted by Gasteiger charge is -2.25. The third-order valence-corrected chi connectivity index (χ3v) is 4.27. The number of hydrogen-bond donors (Lipinski definition) is 0. The van der Waals surface area contributed by atoms with Crippen molar-refractivity contribution in [1.29, 1.82) is 0 Å². The molecule has 0 unspecified atom stereocenters. The van der Waals surface area contributed by atoms with E-state index in [-0.39, 0.29) is 5.78 Å². The van der Waals surface area contributed by atoms with Gasteiger partial charge in [0.25, 0.3) is 0 Å². The average Bonchev–Trinajstić information content (AvgIpc) is 2.70. The van der Waals surface area contributed by atoms with Gasteiger partial charge in [0.15, 0.2) is 10.9 Å². The third kappa shape index (κ3) is 2.51. The molecule has 1 aromatic rings. The summed E-state index contributed by atoms with van der Waals surface area (Å²) in [5.41, 5.74) is 1.03. The van der Waals surface area contributed by atoms with E-state index in [2.05, 4.69) is 30.7 Å². The number of carbonyl (C=O) groups excluding carboxylic acids is 1. The molecule has 0 amide bonds. The average molecular weight is 252 g/mol. The van der Waals surface area contributed by atoms with Crippen molar-refractivity contribution >= 4 is 22.3 Å². The molecule has 1 heterocycles. The lowest BCUT2D eigenvalue weighted by molar-refractivity contribution is 0.0976. The van der Waals surface area contributed by atoms with Crippen LogP contribution in [0.4, 0.5) is 5.13 Å². The second kappa shape index (κ2) is 5.17. The fourth-order valence-corrected chi connectivity index (χ4v) is 3.43. The Balaban J connectivity index is 2.29. The molecule has 94 valence electrons. The Labute approximate surface area is 107 Å². The van der Waals surface area contributed by atoms with Crippen molar-refractivity contribution in [2.75, 3.05) is 11.4 Å². The maximum Gasteiger partial charge on any atom is 0.186 e. The fraction of sp³-hybridized carbons (Fsp3) is 0.692. The molecule has 17 heavy (non-hydrogen) atoms. The molecule has 1 aromatic heterocycles. The number of thiazole rings is 1. The predicted molar refractivity (Wildman–Crippen MR) is 72.2 cm³/mol. The van der Waals surface area contributed by atoms with E-state index >= 15 is 0 Å². The van der Waals surface area contributed by atoms with Crippen LogP contribution in [0.2, 0.25) is 0 Å². The van der Waals surface area contributed by atoms with Crippen molar-refractivity contribution in [2.24, 2.45) is 0 Å². The third-order valence-electron chi connectivity index (χ3n) is 3.09. The molecule has 0 aromatic carbocycles. The lowest BCUT2D eigenvalue weighted by atomic mass is 10.0. The van der Waals surface area contributed by atoms with Gasteiger partial charge in [0, 0.05) is 19.0 Å². The largest absolute Gasteiger partial charge is 0.346 e. The van der Waals surface area contributed by atoms with Crippen LogP contribution in [-0.2, 0) is 6.42 Å². The standard InChI is InChI=1S/C13H20N2OS/c1-4-8-15(9(2)3)13-14-10-6-5-7-11(16)12(10)17-13/h9H,4-8H2,1-3H3. The first-order valence-corrected chi connectivity index (χ1v) is 7.24. The Morgan fingerprint density at radius 3 is 2.76 bits per heavy atom. The molecule has 0 saturated heterocycles. The van der Waals surface area contributed by atoms with E-state index in [9.17, 15) is 4.79 Å². The van der Waals surface area contributed by atoms with Crippen molar-refractivity contribution in [3.05, 3.63) is 10.6 Å². The van der Waals surface area contributed by atoms with Gasteiger partial charge in [-0.2, -0.15) is 0 Å². The summed E-state index contributed by atoms with van der Waals surface area (Å²) in [5.74, 6) is 0.287. The van der Waals surface area contributed by atoms with E-state index in [0.29, 0.717) is 12.5 Å². The minimum absolute atomic E-state index is 0.287. The van der Waals surface area contributed by atoms with Crippen LogP contribution in [0, 0.1) is 0 Å². The quantitative estimate of drug-likeness (QED) is 0.824. The van der Waals surface area contributed by atoms with Gasteiger partial charge in [-0.1, -0.05) is 18.3 Å². The second-order valence-corrected chi connectivity index (χ2v) is 5.81. The molecular weight excluding hydrogens is 232 g/mol. The maximum atomic E-state index is 11.8. The molecule has 0 saturated carbocycles. The number of ketones is 1. The molecule has 0 spiro atoms. The highest BCUT2D eigenvalue weighted by Crippen LogP contribution is 2.32. The van der Waals surface area contributed by atoms with Crippen LogP contribution >= 0.6 is 11.3 Å². The molecule has 1 aliphatic rings. The van der Waals surface area contributed by atoms with E-state index < -0.39 is 0 Å². The van der Waals surface area contributed by atoms with Crippen molar-refractivity contribution in [3.63, 3.8) is 0 Å². The van der Waals surface area contributed by atoms with Gasteiger partial charge in [0.1, 0.15) is 0 Å². The van der Waals surface area contributed by atoms with Gasteiger partial charge in [0.2, 0.25) is 0 Å². The second-order valence-electron chi connectivity index (χ2n) is 4.84. The summed E-state index contributed by atoms with van der Waals surface area (Å²) in [5, 5.41) is 1.03. The Morgan fingerprint density at radius 1 is 1.41 bits per heavy atom. The smallest absolute Gasteiger partial charge is 0.186 e. The van der Waals surface area contributed by atoms with Crippen molar-refractivity contribution in [2.45, 2.75) is 52.5 Å². The van der Waals surface area contributed by atoms with E-state index in [1.807, 2.05) is 0 Å². The summed E-state index contributed by atoms with van der Waals surface area (Å²) in [6.45, 7) is 7.54. The number of Topliss-reactive ketones (excluding diaryl/α,β-unsaturated/α-hetero) is 1. The molecule has 3 nitrogen and oxygen atoms in total. The van der Waals surface area contributed by atoms with Crippen LogP contribution in [0.5, 0.6) is 0 Å². The molecule has 0 radical (unpaired) electrons. The van der Waals surface area contributed by atoms with Gasteiger partial charge in [-0.15, -0.1) is 0 Å². The van der Waals surface area contributed by atoms with E-state index in [1.165, 1.54) is 0 Å². The Bertz CT molecular complexity index is 412. The summed E-state index contributed by atoms with van der Waals surface area (Å²) < 4.78 is 0. The first-order valence-electron chi connectivity index (χ1n) is 6.43. The van der Waals surface area contributed by atoms with Crippen LogP contribution in [0.15, 0.2) is 0 Å². The van der Waals surface area contributed by atoms with Crippen LogP contribution in [0.25, 0.3) is 0 Å². The zero-order valence-electron chi connectivity index (χ0n) is 10.8. The predicted octanol–water partition coefficient (Wildman–Crippen LogP) is 3.29. The Kier molecular flexibility index (Phi) is 3.82. The number of hydrogen-bond acceptors (Lipinski definition) is 4. The van der Waals surface area contributed by atoms with Gasteiger partial charge in [-0.3, -0.25) is 4.79 Å². The minimum atomic E-state index is 0.287.